The number of hydrogen-bond donors (Lipinski definition) is 0. The van der Waals surface area contributed by atoms with Gasteiger partial charge in [0.2, 0.25) is 0 Å². The first-order valence-corrected chi connectivity index (χ1v) is 7.31. The summed E-state index contributed by atoms with van der Waals surface area (Å²) in [5.74, 6) is 1.61. The maximum Gasteiger partial charge on any atom is 0.129 e. The number of hydrogen-bond acceptors (Lipinski definition) is 3. The predicted octanol–water partition coefficient (Wildman–Crippen LogP) is 2.97. The minimum atomic E-state index is 0.397. The summed E-state index contributed by atoms with van der Waals surface area (Å²) in [4.78, 5) is 6.93. The molecule has 1 aliphatic carbocycles. The van der Waals surface area contributed by atoms with Gasteiger partial charge < -0.3 is 9.64 Å². The molecule has 0 N–H and O–H groups in total. The Labute approximate surface area is 113 Å². The van der Waals surface area contributed by atoms with Crippen molar-refractivity contribution in [3.05, 3.63) is 23.9 Å². The zero-order chi connectivity index (χ0) is 12.4. The molecule has 3 nitrogen and oxygen atoms in total. The van der Waals surface area contributed by atoms with Crippen molar-refractivity contribution in [3.8, 4) is 0 Å². The highest BCUT2D eigenvalue weighted by Crippen LogP contribution is 2.31. The Hall–Kier alpha value is -0.800. The first-order valence-electron chi connectivity index (χ1n) is 6.77. The Morgan fingerprint density at radius 3 is 3.17 bits per heavy atom. The van der Waals surface area contributed by atoms with Gasteiger partial charge in [0.05, 0.1) is 18.8 Å². The van der Waals surface area contributed by atoms with Gasteiger partial charge in [-0.2, -0.15) is 0 Å². The van der Waals surface area contributed by atoms with E-state index >= 15 is 0 Å². The molecule has 2 unspecified atom stereocenters. The first-order chi connectivity index (χ1) is 8.88. The Morgan fingerprint density at radius 2 is 2.28 bits per heavy atom. The van der Waals surface area contributed by atoms with Gasteiger partial charge in [0, 0.05) is 18.6 Å². The molecule has 2 heterocycles. The van der Waals surface area contributed by atoms with E-state index in [1.807, 2.05) is 12.3 Å². The van der Waals surface area contributed by atoms with Crippen LogP contribution in [0.3, 0.4) is 0 Å². The van der Waals surface area contributed by atoms with Crippen LogP contribution in [-0.2, 0) is 10.6 Å². The SMILES string of the molecule is ClCc1ccnc(N2CCOC3CCCCC32)c1. The molecule has 2 fully saturated rings. The number of nitrogens with zero attached hydrogens (tertiary/aromatic N) is 2. The minimum absolute atomic E-state index is 0.397. The van der Waals surface area contributed by atoms with Crippen LogP contribution in [0.2, 0.25) is 0 Å². The molecule has 1 aromatic rings. The molecule has 1 saturated carbocycles. The van der Waals surface area contributed by atoms with Gasteiger partial charge in [-0.3, -0.25) is 0 Å². The molecule has 1 saturated heterocycles. The molecule has 1 aliphatic heterocycles. The van der Waals surface area contributed by atoms with Crippen molar-refractivity contribution in [2.24, 2.45) is 0 Å². The van der Waals surface area contributed by atoms with E-state index < -0.39 is 0 Å². The van der Waals surface area contributed by atoms with Crippen LogP contribution in [-0.4, -0.2) is 30.3 Å². The largest absolute Gasteiger partial charge is 0.374 e. The molecule has 1 aromatic heterocycles. The van der Waals surface area contributed by atoms with E-state index in [4.69, 9.17) is 16.3 Å². The third kappa shape index (κ3) is 2.34. The average Bonchev–Trinajstić information content (AvgIpc) is 2.47. The van der Waals surface area contributed by atoms with Crippen molar-refractivity contribution in [3.63, 3.8) is 0 Å². The summed E-state index contributed by atoms with van der Waals surface area (Å²) in [6.45, 7) is 1.76. The lowest BCUT2D eigenvalue weighted by molar-refractivity contribution is -0.00899. The van der Waals surface area contributed by atoms with Gasteiger partial charge in [-0.25, -0.2) is 4.98 Å². The molecule has 2 aliphatic rings. The third-order valence-corrected chi connectivity index (χ3v) is 4.30. The second kappa shape index (κ2) is 5.45. The van der Waals surface area contributed by atoms with Crippen molar-refractivity contribution < 1.29 is 4.74 Å². The van der Waals surface area contributed by atoms with Crippen LogP contribution in [0, 0.1) is 0 Å². The molecule has 0 spiro atoms. The maximum atomic E-state index is 5.90. The van der Waals surface area contributed by atoms with Crippen LogP contribution in [0.15, 0.2) is 18.3 Å². The Morgan fingerprint density at radius 1 is 1.39 bits per heavy atom. The van der Waals surface area contributed by atoms with E-state index in [-0.39, 0.29) is 0 Å². The van der Waals surface area contributed by atoms with E-state index in [0.717, 1.165) is 24.5 Å². The monoisotopic (exact) mass is 266 g/mol. The normalized spacial score (nSPS) is 27.9. The van der Waals surface area contributed by atoms with Crippen LogP contribution < -0.4 is 4.90 Å². The lowest BCUT2D eigenvalue weighted by Crippen LogP contribution is -2.53. The van der Waals surface area contributed by atoms with Crippen LogP contribution in [0.1, 0.15) is 31.2 Å². The number of ether oxygens (including phenoxy) is 1. The first kappa shape index (κ1) is 12.2. The fourth-order valence-electron chi connectivity index (χ4n) is 3.08. The quantitative estimate of drug-likeness (QED) is 0.770. The topological polar surface area (TPSA) is 25.4 Å². The van der Waals surface area contributed by atoms with Gasteiger partial charge >= 0.3 is 0 Å². The molecular weight excluding hydrogens is 248 g/mol. The molecule has 0 aromatic carbocycles. The smallest absolute Gasteiger partial charge is 0.129 e. The Bertz CT molecular complexity index is 411. The Kier molecular flexibility index (Phi) is 3.71. The molecule has 98 valence electrons. The zero-order valence-corrected chi connectivity index (χ0v) is 11.3. The Balaban J connectivity index is 1.84. The highest BCUT2D eigenvalue weighted by molar-refractivity contribution is 6.17. The van der Waals surface area contributed by atoms with Gasteiger partial charge in [-0.15, -0.1) is 11.6 Å². The number of rotatable bonds is 2. The minimum Gasteiger partial charge on any atom is -0.374 e. The van der Waals surface area contributed by atoms with Crippen molar-refractivity contribution in [1.82, 2.24) is 4.98 Å². The average molecular weight is 267 g/mol. The third-order valence-electron chi connectivity index (χ3n) is 3.99. The van der Waals surface area contributed by atoms with Crippen LogP contribution in [0.4, 0.5) is 5.82 Å². The summed E-state index contributed by atoms with van der Waals surface area (Å²) < 4.78 is 5.89. The number of pyridine rings is 1. The van der Waals surface area contributed by atoms with Crippen LogP contribution >= 0.6 is 11.6 Å². The standard InChI is InChI=1S/C14H19ClN2O/c15-10-11-5-6-16-14(9-11)17-7-8-18-13-4-2-1-3-12(13)17/h5-6,9,12-13H,1-4,7-8,10H2. The number of alkyl halides is 1. The molecule has 4 heteroatoms. The van der Waals surface area contributed by atoms with E-state index in [2.05, 4.69) is 16.0 Å². The van der Waals surface area contributed by atoms with Gasteiger partial charge in [-0.05, 0) is 30.5 Å². The lowest BCUT2D eigenvalue weighted by atomic mass is 9.90. The number of morpholine rings is 1. The van der Waals surface area contributed by atoms with Crippen molar-refractivity contribution in [1.29, 1.82) is 0 Å². The number of anilines is 1. The maximum absolute atomic E-state index is 5.90. The van der Waals surface area contributed by atoms with E-state index in [1.165, 1.54) is 25.7 Å². The highest BCUT2D eigenvalue weighted by Gasteiger charge is 2.34. The van der Waals surface area contributed by atoms with Gasteiger partial charge in [0.25, 0.3) is 0 Å². The fourth-order valence-corrected chi connectivity index (χ4v) is 3.25. The van der Waals surface area contributed by atoms with Crippen LogP contribution in [0.25, 0.3) is 0 Å². The summed E-state index contributed by atoms with van der Waals surface area (Å²) in [6, 6.07) is 4.60. The molecule has 18 heavy (non-hydrogen) atoms. The molecule has 0 bridgehead atoms. The number of fused-ring (bicyclic) bond motifs is 1. The summed E-state index contributed by atoms with van der Waals surface area (Å²) in [5.41, 5.74) is 1.14. The molecule has 3 rings (SSSR count). The van der Waals surface area contributed by atoms with E-state index in [0.29, 0.717) is 18.0 Å². The van der Waals surface area contributed by atoms with Crippen molar-refractivity contribution in [2.75, 3.05) is 18.1 Å². The predicted molar refractivity (Wildman–Crippen MR) is 73.1 cm³/mol. The van der Waals surface area contributed by atoms with Crippen molar-refractivity contribution >= 4 is 17.4 Å². The summed E-state index contributed by atoms with van der Waals surface area (Å²) >= 11 is 5.90. The second-order valence-electron chi connectivity index (χ2n) is 5.11. The van der Waals surface area contributed by atoms with E-state index in [9.17, 15) is 0 Å². The van der Waals surface area contributed by atoms with Crippen molar-refractivity contribution in [2.45, 2.75) is 43.7 Å². The second-order valence-corrected chi connectivity index (χ2v) is 5.38. The summed E-state index contributed by atoms with van der Waals surface area (Å²) in [6.07, 6.45) is 7.27. The van der Waals surface area contributed by atoms with E-state index in [1.54, 1.807) is 0 Å². The summed E-state index contributed by atoms with van der Waals surface area (Å²) in [7, 11) is 0. The van der Waals surface area contributed by atoms with Crippen LogP contribution in [0.5, 0.6) is 0 Å². The number of aromatic nitrogens is 1. The van der Waals surface area contributed by atoms with Gasteiger partial charge in [-0.1, -0.05) is 12.8 Å². The fraction of sp³-hybridized carbons (Fsp3) is 0.643. The zero-order valence-electron chi connectivity index (χ0n) is 10.5. The summed E-state index contributed by atoms with van der Waals surface area (Å²) in [5, 5.41) is 0. The molecule has 0 radical (unpaired) electrons. The van der Waals surface area contributed by atoms with Gasteiger partial charge in [0.1, 0.15) is 5.82 Å². The van der Waals surface area contributed by atoms with Gasteiger partial charge in [0.15, 0.2) is 0 Å². The lowest BCUT2D eigenvalue weighted by Gasteiger charge is -2.44. The molecular formula is C14H19ClN2O. The number of halogens is 1. The molecule has 0 amide bonds. The highest BCUT2D eigenvalue weighted by atomic mass is 35.5. The molecule has 2 atom stereocenters.